The van der Waals surface area contributed by atoms with Gasteiger partial charge >= 0.3 is 6.03 Å². The molecule has 22 heavy (non-hydrogen) atoms. The van der Waals surface area contributed by atoms with Crippen LogP contribution < -0.4 is 10.6 Å². The van der Waals surface area contributed by atoms with E-state index >= 15 is 0 Å². The Kier molecular flexibility index (Phi) is 4.06. The van der Waals surface area contributed by atoms with E-state index in [2.05, 4.69) is 15.6 Å². The predicted molar refractivity (Wildman–Crippen MR) is 83.2 cm³/mol. The minimum atomic E-state index is -0.584. The number of aromatic nitrogens is 1. The van der Waals surface area contributed by atoms with Crippen molar-refractivity contribution in [1.29, 1.82) is 0 Å². The molecule has 1 aromatic carbocycles. The molecule has 5 nitrogen and oxygen atoms in total. The summed E-state index contributed by atoms with van der Waals surface area (Å²) in [7, 11) is 0. The van der Waals surface area contributed by atoms with Crippen LogP contribution in [0.25, 0.3) is 0 Å². The highest BCUT2D eigenvalue weighted by Crippen LogP contribution is 2.31. The molecular formula is C17H19N3O2. The summed E-state index contributed by atoms with van der Waals surface area (Å²) in [6, 6.07) is 10.8. The van der Waals surface area contributed by atoms with Gasteiger partial charge in [0.1, 0.15) is 0 Å². The number of fused-ring (bicyclic) bond motifs is 1. The third-order valence-corrected chi connectivity index (χ3v) is 4.04. The SMILES string of the molecule is CC(NC(=O)NC1c2ccccc2CC1O)c1ccncc1. The molecule has 2 amide bonds. The fourth-order valence-corrected chi connectivity index (χ4v) is 2.86. The van der Waals surface area contributed by atoms with E-state index in [1.807, 2.05) is 43.3 Å². The molecule has 0 radical (unpaired) electrons. The van der Waals surface area contributed by atoms with E-state index in [1.165, 1.54) is 0 Å². The molecule has 0 spiro atoms. The van der Waals surface area contributed by atoms with E-state index in [4.69, 9.17) is 0 Å². The maximum absolute atomic E-state index is 12.2. The van der Waals surface area contributed by atoms with E-state index in [0.717, 1.165) is 16.7 Å². The molecular weight excluding hydrogens is 278 g/mol. The number of hydrogen-bond donors (Lipinski definition) is 3. The number of carbonyl (C=O) groups excluding carboxylic acids is 1. The Morgan fingerprint density at radius 3 is 2.77 bits per heavy atom. The molecule has 114 valence electrons. The maximum atomic E-state index is 12.2. The Hall–Kier alpha value is -2.40. The number of aliphatic hydroxyl groups excluding tert-OH is 1. The first-order valence-corrected chi connectivity index (χ1v) is 7.38. The van der Waals surface area contributed by atoms with Gasteiger partial charge in [-0.1, -0.05) is 24.3 Å². The molecule has 3 N–H and O–H groups in total. The van der Waals surface area contributed by atoms with Gasteiger partial charge in [0.2, 0.25) is 0 Å². The standard InChI is InChI=1S/C17H19N3O2/c1-11(12-6-8-18-9-7-12)19-17(22)20-16-14-5-3-2-4-13(14)10-15(16)21/h2-9,11,15-16,21H,10H2,1H3,(H2,19,20,22). The van der Waals surface area contributed by atoms with E-state index in [1.54, 1.807) is 12.4 Å². The van der Waals surface area contributed by atoms with Gasteiger partial charge in [-0.05, 0) is 35.7 Å². The first kappa shape index (κ1) is 14.5. The number of rotatable bonds is 3. The highest BCUT2D eigenvalue weighted by molar-refractivity contribution is 5.75. The van der Waals surface area contributed by atoms with Crippen molar-refractivity contribution in [2.24, 2.45) is 0 Å². The average molecular weight is 297 g/mol. The Labute approximate surface area is 129 Å². The van der Waals surface area contributed by atoms with Crippen molar-refractivity contribution in [2.75, 3.05) is 0 Å². The number of carbonyl (C=O) groups is 1. The zero-order valence-corrected chi connectivity index (χ0v) is 12.4. The third kappa shape index (κ3) is 2.94. The molecule has 3 rings (SSSR count). The second-order valence-electron chi connectivity index (χ2n) is 5.57. The van der Waals surface area contributed by atoms with E-state index in [-0.39, 0.29) is 18.1 Å². The van der Waals surface area contributed by atoms with Gasteiger partial charge in [-0.25, -0.2) is 4.79 Å². The molecule has 0 saturated carbocycles. The lowest BCUT2D eigenvalue weighted by molar-refractivity contribution is 0.142. The first-order valence-electron chi connectivity index (χ1n) is 7.38. The van der Waals surface area contributed by atoms with Crippen molar-refractivity contribution in [3.05, 3.63) is 65.5 Å². The van der Waals surface area contributed by atoms with Crippen molar-refractivity contribution < 1.29 is 9.90 Å². The normalized spacial score (nSPS) is 21.0. The molecule has 1 aliphatic carbocycles. The summed E-state index contributed by atoms with van der Waals surface area (Å²) in [6.07, 6.45) is 3.38. The van der Waals surface area contributed by atoms with Crippen LogP contribution in [0, 0.1) is 0 Å². The van der Waals surface area contributed by atoms with Gasteiger partial charge in [-0.2, -0.15) is 0 Å². The fraction of sp³-hybridized carbons (Fsp3) is 0.294. The van der Waals surface area contributed by atoms with Crippen LogP contribution in [0.4, 0.5) is 4.79 Å². The van der Waals surface area contributed by atoms with Crippen molar-refractivity contribution >= 4 is 6.03 Å². The summed E-state index contributed by atoms with van der Waals surface area (Å²) in [6.45, 7) is 1.91. The molecule has 1 heterocycles. The fourth-order valence-electron chi connectivity index (χ4n) is 2.86. The minimum Gasteiger partial charge on any atom is -0.390 e. The van der Waals surface area contributed by atoms with Crippen LogP contribution in [0.5, 0.6) is 0 Å². The van der Waals surface area contributed by atoms with Crippen molar-refractivity contribution in [3.8, 4) is 0 Å². The minimum absolute atomic E-state index is 0.128. The number of benzene rings is 1. The Morgan fingerprint density at radius 2 is 2.00 bits per heavy atom. The van der Waals surface area contributed by atoms with Crippen LogP contribution >= 0.6 is 0 Å². The second kappa shape index (κ2) is 6.15. The van der Waals surface area contributed by atoms with Gasteiger partial charge in [0.15, 0.2) is 0 Å². The Bertz CT molecular complexity index is 660. The van der Waals surface area contributed by atoms with Gasteiger partial charge in [0, 0.05) is 18.8 Å². The van der Waals surface area contributed by atoms with Gasteiger partial charge in [-0.3, -0.25) is 4.98 Å². The predicted octanol–water partition coefficient (Wildman–Crippen LogP) is 2.10. The number of hydrogen-bond acceptors (Lipinski definition) is 3. The van der Waals surface area contributed by atoms with Crippen LogP contribution in [-0.4, -0.2) is 22.2 Å². The lowest BCUT2D eigenvalue weighted by Gasteiger charge is -2.21. The average Bonchev–Trinajstić information content (AvgIpc) is 2.84. The molecule has 0 bridgehead atoms. The van der Waals surface area contributed by atoms with Crippen LogP contribution in [0.1, 0.15) is 35.7 Å². The quantitative estimate of drug-likeness (QED) is 0.812. The second-order valence-corrected chi connectivity index (χ2v) is 5.57. The number of aliphatic hydroxyl groups is 1. The van der Waals surface area contributed by atoms with Crippen LogP contribution in [0.2, 0.25) is 0 Å². The number of nitrogens with zero attached hydrogens (tertiary/aromatic N) is 1. The highest BCUT2D eigenvalue weighted by atomic mass is 16.3. The zero-order chi connectivity index (χ0) is 15.5. The summed E-state index contributed by atoms with van der Waals surface area (Å²) in [5.74, 6) is 0. The number of urea groups is 1. The molecule has 1 aliphatic rings. The summed E-state index contributed by atoms with van der Waals surface area (Å²) < 4.78 is 0. The van der Waals surface area contributed by atoms with Gasteiger partial charge in [0.05, 0.1) is 18.2 Å². The summed E-state index contributed by atoms with van der Waals surface area (Å²) >= 11 is 0. The molecule has 3 unspecified atom stereocenters. The number of amides is 2. The Morgan fingerprint density at radius 1 is 1.27 bits per heavy atom. The smallest absolute Gasteiger partial charge is 0.315 e. The van der Waals surface area contributed by atoms with Crippen LogP contribution in [-0.2, 0) is 6.42 Å². The van der Waals surface area contributed by atoms with Crippen molar-refractivity contribution in [1.82, 2.24) is 15.6 Å². The van der Waals surface area contributed by atoms with Crippen molar-refractivity contribution in [3.63, 3.8) is 0 Å². The zero-order valence-electron chi connectivity index (χ0n) is 12.4. The van der Waals surface area contributed by atoms with Crippen molar-refractivity contribution in [2.45, 2.75) is 31.5 Å². The topological polar surface area (TPSA) is 74.2 Å². The van der Waals surface area contributed by atoms with E-state index in [0.29, 0.717) is 6.42 Å². The first-order chi connectivity index (χ1) is 10.6. The van der Waals surface area contributed by atoms with Gasteiger partial charge in [-0.15, -0.1) is 0 Å². The largest absolute Gasteiger partial charge is 0.390 e. The maximum Gasteiger partial charge on any atom is 0.315 e. The van der Waals surface area contributed by atoms with Gasteiger partial charge < -0.3 is 15.7 Å². The molecule has 1 aromatic heterocycles. The molecule has 3 atom stereocenters. The lowest BCUT2D eigenvalue weighted by Crippen LogP contribution is -2.41. The van der Waals surface area contributed by atoms with Crippen LogP contribution in [0.15, 0.2) is 48.8 Å². The van der Waals surface area contributed by atoms with E-state index in [9.17, 15) is 9.90 Å². The van der Waals surface area contributed by atoms with E-state index < -0.39 is 6.10 Å². The Balaban J connectivity index is 1.65. The number of pyridine rings is 1. The molecule has 5 heteroatoms. The highest BCUT2D eigenvalue weighted by Gasteiger charge is 2.32. The molecule has 2 aromatic rings. The van der Waals surface area contributed by atoms with Gasteiger partial charge in [0.25, 0.3) is 0 Å². The third-order valence-electron chi connectivity index (χ3n) is 4.04. The summed E-state index contributed by atoms with van der Waals surface area (Å²) in [5, 5.41) is 15.9. The molecule has 0 aliphatic heterocycles. The lowest BCUT2D eigenvalue weighted by atomic mass is 10.1. The monoisotopic (exact) mass is 297 g/mol. The summed E-state index contributed by atoms with van der Waals surface area (Å²) in [4.78, 5) is 16.2. The van der Waals surface area contributed by atoms with Crippen LogP contribution in [0.3, 0.4) is 0 Å². The number of nitrogens with one attached hydrogen (secondary N) is 2. The molecule has 0 saturated heterocycles. The molecule has 0 fully saturated rings. The summed E-state index contributed by atoms with van der Waals surface area (Å²) in [5.41, 5.74) is 3.06.